The number of aliphatic carboxylic acids is 1. The van der Waals surface area contributed by atoms with E-state index in [2.05, 4.69) is 0 Å². The van der Waals surface area contributed by atoms with Crippen LogP contribution in [0.1, 0.15) is 6.42 Å². The molecule has 0 saturated carbocycles. The first-order chi connectivity index (χ1) is 9.08. The van der Waals surface area contributed by atoms with Crippen molar-refractivity contribution in [1.29, 1.82) is 0 Å². The number of nitro groups is 1. The van der Waals surface area contributed by atoms with Crippen LogP contribution in [0.2, 0.25) is 0 Å². The van der Waals surface area contributed by atoms with Crippen LogP contribution >= 0.6 is 0 Å². The Morgan fingerprint density at radius 3 is 2.95 bits per heavy atom. The van der Waals surface area contributed by atoms with Crippen LogP contribution in [-0.4, -0.2) is 41.8 Å². The van der Waals surface area contributed by atoms with Gasteiger partial charge in [-0.1, -0.05) is 12.1 Å². The van der Waals surface area contributed by atoms with E-state index in [1.807, 2.05) is 0 Å². The molecule has 2 rings (SSSR count). The van der Waals surface area contributed by atoms with Gasteiger partial charge in [-0.2, -0.15) is 0 Å². The lowest BCUT2D eigenvalue weighted by atomic mass is 10.1. The fraction of sp³-hybridized carbons (Fsp3) is 0.417. The summed E-state index contributed by atoms with van der Waals surface area (Å²) < 4.78 is 5.35. The van der Waals surface area contributed by atoms with Gasteiger partial charge in [-0.25, -0.2) is 0 Å². The molecule has 1 aliphatic rings. The molecule has 0 amide bonds. The fourth-order valence-corrected chi connectivity index (χ4v) is 2.14. The van der Waals surface area contributed by atoms with Gasteiger partial charge in [-0.15, -0.1) is 0 Å². The Morgan fingerprint density at radius 1 is 1.53 bits per heavy atom. The number of nitro benzene ring substituents is 1. The van der Waals surface area contributed by atoms with Gasteiger partial charge in [0.15, 0.2) is 0 Å². The molecule has 1 heterocycles. The lowest BCUT2D eigenvalue weighted by Gasteiger charge is -2.33. The fourth-order valence-electron chi connectivity index (χ4n) is 2.14. The van der Waals surface area contributed by atoms with Gasteiger partial charge in [0, 0.05) is 19.2 Å². The predicted octanol–water partition coefficient (Wildman–Crippen LogP) is 1.27. The van der Waals surface area contributed by atoms with Gasteiger partial charge < -0.3 is 14.7 Å². The maximum absolute atomic E-state index is 11.0. The number of nitrogens with zero attached hydrogens (tertiary/aromatic N) is 2. The second-order valence-electron chi connectivity index (χ2n) is 4.28. The van der Waals surface area contributed by atoms with E-state index in [4.69, 9.17) is 9.84 Å². The van der Waals surface area contributed by atoms with E-state index in [0.29, 0.717) is 25.4 Å². The van der Waals surface area contributed by atoms with Crippen LogP contribution in [0.15, 0.2) is 24.3 Å². The summed E-state index contributed by atoms with van der Waals surface area (Å²) in [6, 6.07) is 6.44. The van der Waals surface area contributed by atoms with E-state index in [-0.39, 0.29) is 12.1 Å². The van der Waals surface area contributed by atoms with Gasteiger partial charge in [-0.05, 0) is 6.07 Å². The van der Waals surface area contributed by atoms with Crippen LogP contribution in [-0.2, 0) is 9.53 Å². The van der Waals surface area contributed by atoms with E-state index in [0.717, 1.165) is 0 Å². The second-order valence-corrected chi connectivity index (χ2v) is 4.28. The van der Waals surface area contributed by atoms with Crippen molar-refractivity contribution in [2.45, 2.75) is 12.5 Å². The van der Waals surface area contributed by atoms with Crippen molar-refractivity contribution in [1.82, 2.24) is 0 Å². The summed E-state index contributed by atoms with van der Waals surface area (Å²) in [7, 11) is 0. The van der Waals surface area contributed by atoms with Gasteiger partial charge in [-0.3, -0.25) is 14.9 Å². The SMILES string of the molecule is O=C(O)CC1CN(c2ccccc2[N+](=O)[O-])CCO1. The minimum absolute atomic E-state index is 0.0264. The molecule has 1 atom stereocenters. The number of para-hydroxylation sites is 2. The van der Waals surface area contributed by atoms with Crippen molar-refractivity contribution >= 4 is 17.3 Å². The van der Waals surface area contributed by atoms with E-state index in [1.165, 1.54) is 6.07 Å². The first-order valence-corrected chi connectivity index (χ1v) is 5.89. The second kappa shape index (κ2) is 5.66. The molecule has 1 fully saturated rings. The van der Waals surface area contributed by atoms with Gasteiger partial charge in [0.1, 0.15) is 5.69 Å². The Labute approximate surface area is 109 Å². The molecule has 1 aromatic carbocycles. The summed E-state index contributed by atoms with van der Waals surface area (Å²) in [4.78, 5) is 23.0. The van der Waals surface area contributed by atoms with Crippen molar-refractivity contribution in [2.75, 3.05) is 24.6 Å². The molecule has 1 N–H and O–H groups in total. The Hall–Kier alpha value is -2.15. The number of carboxylic acid groups (broad SMARTS) is 1. The molecule has 1 unspecified atom stereocenters. The van der Waals surface area contributed by atoms with Crippen LogP contribution in [0.3, 0.4) is 0 Å². The van der Waals surface area contributed by atoms with Crippen molar-refractivity contribution in [3.8, 4) is 0 Å². The Bertz CT molecular complexity index is 491. The number of ether oxygens (including phenoxy) is 1. The molecule has 1 aromatic rings. The Morgan fingerprint density at radius 2 is 2.26 bits per heavy atom. The summed E-state index contributed by atoms with van der Waals surface area (Å²) in [5.41, 5.74) is 0.532. The van der Waals surface area contributed by atoms with Crippen molar-refractivity contribution in [2.24, 2.45) is 0 Å². The van der Waals surface area contributed by atoms with Crippen LogP contribution < -0.4 is 4.90 Å². The monoisotopic (exact) mass is 266 g/mol. The number of benzene rings is 1. The first-order valence-electron chi connectivity index (χ1n) is 5.89. The Balaban J connectivity index is 2.17. The largest absolute Gasteiger partial charge is 0.481 e. The summed E-state index contributed by atoms with van der Waals surface area (Å²) in [5, 5.41) is 19.7. The van der Waals surface area contributed by atoms with Crippen LogP contribution in [0.4, 0.5) is 11.4 Å². The van der Waals surface area contributed by atoms with Crippen LogP contribution in [0.5, 0.6) is 0 Å². The summed E-state index contributed by atoms with van der Waals surface area (Å²) in [5.74, 6) is -0.936. The third-order valence-electron chi connectivity index (χ3n) is 2.96. The molecule has 102 valence electrons. The van der Waals surface area contributed by atoms with Gasteiger partial charge in [0.2, 0.25) is 0 Å². The number of hydrogen-bond acceptors (Lipinski definition) is 5. The predicted molar refractivity (Wildman–Crippen MR) is 67.3 cm³/mol. The van der Waals surface area contributed by atoms with E-state index in [9.17, 15) is 14.9 Å². The molecular formula is C12H14N2O5. The van der Waals surface area contributed by atoms with Gasteiger partial charge in [0.25, 0.3) is 5.69 Å². The number of morpholine rings is 1. The highest BCUT2D eigenvalue weighted by Gasteiger charge is 2.26. The minimum atomic E-state index is -0.936. The minimum Gasteiger partial charge on any atom is -0.481 e. The summed E-state index contributed by atoms with van der Waals surface area (Å²) in [6.45, 7) is 1.22. The molecule has 0 bridgehead atoms. The van der Waals surface area contributed by atoms with E-state index < -0.39 is 17.0 Å². The molecule has 0 radical (unpaired) electrons. The zero-order valence-corrected chi connectivity index (χ0v) is 10.2. The number of carboxylic acids is 1. The topological polar surface area (TPSA) is 92.9 Å². The standard InChI is InChI=1S/C12H14N2O5/c15-12(16)7-9-8-13(5-6-19-9)10-3-1-2-4-11(10)14(17)18/h1-4,9H,5-8H2,(H,15,16). The molecule has 1 saturated heterocycles. The molecule has 0 aliphatic carbocycles. The maximum Gasteiger partial charge on any atom is 0.306 e. The molecule has 1 aliphatic heterocycles. The van der Waals surface area contributed by atoms with Crippen molar-refractivity contribution < 1.29 is 19.6 Å². The average Bonchev–Trinajstić information content (AvgIpc) is 2.38. The quantitative estimate of drug-likeness (QED) is 0.651. The highest BCUT2D eigenvalue weighted by atomic mass is 16.6. The molecule has 7 heteroatoms. The van der Waals surface area contributed by atoms with E-state index >= 15 is 0 Å². The van der Waals surface area contributed by atoms with Gasteiger partial charge in [0.05, 0.1) is 24.1 Å². The van der Waals surface area contributed by atoms with E-state index in [1.54, 1.807) is 23.1 Å². The lowest BCUT2D eigenvalue weighted by Crippen LogP contribution is -2.43. The third kappa shape index (κ3) is 3.19. The van der Waals surface area contributed by atoms with Gasteiger partial charge >= 0.3 is 5.97 Å². The number of carbonyl (C=O) groups is 1. The molecule has 0 spiro atoms. The zero-order valence-electron chi connectivity index (χ0n) is 10.2. The lowest BCUT2D eigenvalue weighted by molar-refractivity contribution is -0.384. The third-order valence-corrected chi connectivity index (χ3v) is 2.96. The average molecular weight is 266 g/mol. The summed E-state index contributed by atoms with van der Waals surface area (Å²) >= 11 is 0. The Kier molecular flexibility index (Phi) is 3.96. The molecule has 0 aromatic heterocycles. The maximum atomic E-state index is 11.0. The molecule has 7 nitrogen and oxygen atoms in total. The highest BCUT2D eigenvalue weighted by molar-refractivity contribution is 5.68. The normalized spacial score (nSPS) is 19.2. The molecular weight excluding hydrogens is 252 g/mol. The summed E-state index contributed by atoms with van der Waals surface area (Å²) in [6.07, 6.45) is -0.539. The number of hydrogen-bond donors (Lipinski definition) is 1. The van der Waals surface area contributed by atoms with Crippen LogP contribution in [0.25, 0.3) is 0 Å². The zero-order chi connectivity index (χ0) is 13.8. The number of anilines is 1. The first kappa shape index (κ1) is 13.3. The highest BCUT2D eigenvalue weighted by Crippen LogP contribution is 2.29. The van der Waals surface area contributed by atoms with Crippen LogP contribution in [0, 0.1) is 10.1 Å². The van der Waals surface area contributed by atoms with Crippen molar-refractivity contribution in [3.63, 3.8) is 0 Å². The molecule has 19 heavy (non-hydrogen) atoms. The smallest absolute Gasteiger partial charge is 0.306 e. The van der Waals surface area contributed by atoms with Crippen molar-refractivity contribution in [3.05, 3.63) is 34.4 Å². The number of rotatable bonds is 4.